The molecule has 1 aliphatic rings. The normalized spacial score (nSPS) is 19.8. The molecule has 0 saturated heterocycles. The molecule has 0 amide bonds. The van der Waals surface area contributed by atoms with Gasteiger partial charge in [0.25, 0.3) is 0 Å². The van der Waals surface area contributed by atoms with Crippen molar-refractivity contribution in [1.82, 2.24) is 0 Å². The van der Waals surface area contributed by atoms with Crippen LogP contribution in [0.5, 0.6) is 0 Å². The van der Waals surface area contributed by atoms with Crippen LogP contribution in [0.3, 0.4) is 0 Å². The molecule has 0 spiro atoms. The first-order chi connectivity index (χ1) is 6.29. The maximum atomic E-state index is 8.63. The van der Waals surface area contributed by atoms with Gasteiger partial charge in [-0.1, -0.05) is 35.5 Å². The van der Waals surface area contributed by atoms with E-state index in [1.165, 1.54) is 0 Å². The minimum Gasteiger partial charge on any atom is -0.409 e. The summed E-state index contributed by atoms with van der Waals surface area (Å²) in [5.41, 5.74) is 6.62. The lowest BCUT2D eigenvalue weighted by molar-refractivity contribution is 0.315. The van der Waals surface area contributed by atoms with E-state index in [1.807, 2.05) is 30.3 Å². The van der Waals surface area contributed by atoms with Gasteiger partial charge in [0.2, 0.25) is 0 Å². The van der Waals surface area contributed by atoms with Gasteiger partial charge in [-0.2, -0.15) is 0 Å². The summed E-state index contributed by atoms with van der Waals surface area (Å²) in [6, 6.07) is 9.95. The Morgan fingerprint density at radius 2 is 1.92 bits per heavy atom. The van der Waals surface area contributed by atoms with Crippen molar-refractivity contribution < 1.29 is 5.21 Å². The summed E-state index contributed by atoms with van der Waals surface area (Å²) < 4.78 is 0. The lowest BCUT2D eigenvalue weighted by Gasteiger charge is -2.12. The molecule has 3 N–H and O–H groups in total. The molecule has 1 aliphatic carbocycles. The van der Waals surface area contributed by atoms with Crippen LogP contribution >= 0.6 is 0 Å². The fourth-order valence-electron chi connectivity index (χ4n) is 1.67. The number of amidine groups is 1. The lowest BCUT2D eigenvalue weighted by atomic mass is 9.95. The van der Waals surface area contributed by atoms with Gasteiger partial charge in [-0.05, 0) is 18.4 Å². The van der Waals surface area contributed by atoms with E-state index in [4.69, 9.17) is 10.9 Å². The SMILES string of the molecule is N/C(=N\O)C1(c2ccccc2)CC1. The van der Waals surface area contributed by atoms with Crippen molar-refractivity contribution in [2.75, 3.05) is 0 Å². The second-order valence-corrected chi connectivity index (χ2v) is 3.43. The number of rotatable bonds is 2. The quantitative estimate of drug-likeness (QED) is 0.310. The zero-order valence-electron chi connectivity index (χ0n) is 7.27. The zero-order chi connectivity index (χ0) is 9.31. The van der Waals surface area contributed by atoms with Crippen LogP contribution < -0.4 is 5.73 Å². The van der Waals surface area contributed by atoms with E-state index >= 15 is 0 Å². The average Bonchev–Trinajstić information content (AvgIpc) is 2.99. The van der Waals surface area contributed by atoms with Crippen LogP contribution in [-0.2, 0) is 5.41 Å². The summed E-state index contributed by atoms with van der Waals surface area (Å²) >= 11 is 0. The number of hydrogen-bond donors (Lipinski definition) is 2. The van der Waals surface area contributed by atoms with E-state index in [0.29, 0.717) is 5.84 Å². The molecule has 1 aromatic rings. The molecule has 1 fully saturated rings. The molecule has 0 aliphatic heterocycles. The van der Waals surface area contributed by atoms with Crippen molar-refractivity contribution in [3.05, 3.63) is 35.9 Å². The molecule has 13 heavy (non-hydrogen) atoms. The Hall–Kier alpha value is -1.51. The Labute approximate surface area is 76.9 Å². The molecule has 0 bridgehead atoms. The van der Waals surface area contributed by atoms with Gasteiger partial charge in [-0.3, -0.25) is 0 Å². The molecule has 2 rings (SSSR count). The molecule has 3 heteroatoms. The molecule has 68 valence electrons. The third kappa shape index (κ3) is 1.16. The van der Waals surface area contributed by atoms with E-state index < -0.39 is 0 Å². The topological polar surface area (TPSA) is 58.6 Å². The van der Waals surface area contributed by atoms with Crippen molar-refractivity contribution in [2.24, 2.45) is 10.9 Å². The fourth-order valence-corrected chi connectivity index (χ4v) is 1.67. The van der Waals surface area contributed by atoms with Gasteiger partial charge in [-0.25, -0.2) is 0 Å². The molecule has 0 aromatic heterocycles. The van der Waals surface area contributed by atoms with Crippen LogP contribution in [-0.4, -0.2) is 11.0 Å². The summed E-state index contributed by atoms with van der Waals surface area (Å²) in [6.07, 6.45) is 1.96. The van der Waals surface area contributed by atoms with Crippen LogP contribution in [0.1, 0.15) is 18.4 Å². The third-order valence-electron chi connectivity index (χ3n) is 2.67. The molecule has 1 saturated carbocycles. The van der Waals surface area contributed by atoms with Gasteiger partial charge in [0.1, 0.15) is 5.84 Å². The number of oxime groups is 1. The van der Waals surface area contributed by atoms with Crippen LogP contribution in [0.25, 0.3) is 0 Å². The minimum absolute atomic E-state index is 0.171. The summed E-state index contributed by atoms with van der Waals surface area (Å²) in [4.78, 5) is 0. The highest BCUT2D eigenvalue weighted by atomic mass is 16.4. The first kappa shape index (κ1) is 8.10. The zero-order valence-corrected chi connectivity index (χ0v) is 7.27. The smallest absolute Gasteiger partial charge is 0.149 e. The first-order valence-corrected chi connectivity index (χ1v) is 4.33. The summed E-state index contributed by atoms with van der Waals surface area (Å²) in [7, 11) is 0. The lowest BCUT2D eigenvalue weighted by Crippen LogP contribution is -2.28. The van der Waals surface area contributed by atoms with Gasteiger partial charge in [0.05, 0.1) is 5.41 Å². The Morgan fingerprint density at radius 1 is 1.31 bits per heavy atom. The van der Waals surface area contributed by atoms with E-state index in [2.05, 4.69) is 5.16 Å². The number of nitrogens with zero attached hydrogens (tertiary/aromatic N) is 1. The fraction of sp³-hybridized carbons (Fsp3) is 0.300. The Balaban J connectivity index is 2.37. The highest BCUT2D eigenvalue weighted by molar-refractivity contribution is 5.94. The number of nitrogens with two attached hydrogens (primary N) is 1. The van der Waals surface area contributed by atoms with Crippen molar-refractivity contribution in [3.63, 3.8) is 0 Å². The molecule has 0 heterocycles. The Kier molecular flexibility index (Phi) is 1.72. The molecular weight excluding hydrogens is 164 g/mol. The maximum absolute atomic E-state index is 8.63. The molecule has 1 aromatic carbocycles. The average molecular weight is 176 g/mol. The predicted molar refractivity (Wildman–Crippen MR) is 50.8 cm³/mol. The van der Waals surface area contributed by atoms with E-state index in [-0.39, 0.29) is 5.41 Å². The predicted octanol–water partition coefficient (Wildman–Crippen LogP) is 1.46. The van der Waals surface area contributed by atoms with Gasteiger partial charge in [-0.15, -0.1) is 0 Å². The van der Waals surface area contributed by atoms with Gasteiger partial charge < -0.3 is 10.9 Å². The van der Waals surface area contributed by atoms with Gasteiger partial charge in [0.15, 0.2) is 0 Å². The van der Waals surface area contributed by atoms with Crippen LogP contribution in [0.15, 0.2) is 35.5 Å². The largest absolute Gasteiger partial charge is 0.409 e. The summed E-state index contributed by atoms with van der Waals surface area (Å²) in [5, 5.41) is 11.7. The van der Waals surface area contributed by atoms with Crippen molar-refractivity contribution in [2.45, 2.75) is 18.3 Å². The third-order valence-corrected chi connectivity index (χ3v) is 2.67. The maximum Gasteiger partial charge on any atom is 0.149 e. The van der Waals surface area contributed by atoms with Crippen LogP contribution in [0, 0.1) is 0 Å². The van der Waals surface area contributed by atoms with E-state index in [0.717, 1.165) is 18.4 Å². The number of benzene rings is 1. The second-order valence-electron chi connectivity index (χ2n) is 3.43. The van der Waals surface area contributed by atoms with Crippen molar-refractivity contribution >= 4 is 5.84 Å². The molecule has 0 radical (unpaired) electrons. The standard InChI is InChI=1S/C10H12N2O/c11-9(12-13)10(6-7-10)8-4-2-1-3-5-8/h1-5,13H,6-7H2,(H2,11,12). The van der Waals surface area contributed by atoms with Gasteiger partial charge in [0, 0.05) is 0 Å². The summed E-state index contributed by atoms with van der Waals surface area (Å²) in [6.45, 7) is 0. The molecule has 0 unspecified atom stereocenters. The number of hydrogen-bond acceptors (Lipinski definition) is 2. The molecule has 0 atom stereocenters. The van der Waals surface area contributed by atoms with Crippen molar-refractivity contribution in [3.8, 4) is 0 Å². The molecular formula is C10H12N2O. The highest BCUT2D eigenvalue weighted by Crippen LogP contribution is 2.48. The van der Waals surface area contributed by atoms with Gasteiger partial charge >= 0.3 is 0 Å². The Bertz CT molecular complexity index is 328. The second kappa shape index (κ2) is 2.76. The van der Waals surface area contributed by atoms with Crippen LogP contribution in [0.2, 0.25) is 0 Å². The Morgan fingerprint density at radius 3 is 2.38 bits per heavy atom. The first-order valence-electron chi connectivity index (χ1n) is 4.33. The van der Waals surface area contributed by atoms with Crippen LogP contribution in [0.4, 0.5) is 0 Å². The van der Waals surface area contributed by atoms with E-state index in [9.17, 15) is 0 Å². The minimum atomic E-state index is -0.171. The van der Waals surface area contributed by atoms with E-state index in [1.54, 1.807) is 0 Å². The summed E-state index contributed by atoms with van der Waals surface area (Å²) in [5.74, 6) is 0.332. The highest BCUT2D eigenvalue weighted by Gasteiger charge is 2.48. The molecule has 3 nitrogen and oxygen atoms in total. The monoisotopic (exact) mass is 176 g/mol. The van der Waals surface area contributed by atoms with Crippen molar-refractivity contribution in [1.29, 1.82) is 0 Å².